The van der Waals surface area contributed by atoms with Crippen LogP contribution in [0.25, 0.3) is 0 Å². The highest BCUT2D eigenvalue weighted by atomic mass is 79.9. The summed E-state index contributed by atoms with van der Waals surface area (Å²) in [5.74, 6) is 0. The van der Waals surface area contributed by atoms with Gasteiger partial charge in [0.1, 0.15) is 0 Å². The lowest BCUT2D eigenvalue weighted by molar-refractivity contribution is -0.111. The van der Waals surface area contributed by atoms with Crippen molar-refractivity contribution in [2.75, 3.05) is 0 Å². The van der Waals surface area contributed by atoms with Gasteiger partial charge in [0.05, 0.1) is 4.83 Å². The molecule has 0 fully saturated rings. The van der Waals surface area contributed by atoms with E-state index in [-0.39, 0.29) is 15.5 Å². The lowest BCUT2D eigenvalue weighted by Gasteiger charge is -2.19. The molecule has 0 saturated heterocycles. The van der Waals surface area contributed by atoms with Crippen molar-refractivity contribution in [1.82, 2.24) is 0 Å². The summed E-state index contributed by atoms with van der Waals surface area (Å²) >= 11 is 8.44. The summed E-state index contributed by atoms with van der Waals surface area (Å²) in [5, 5.41) is -0.310. The molecule has 1 atom stereocenters. The monoisotopic (exact) mass is 226 g/mol. The SMILES string of the molecule is CC(C)(C)CC(Br)C(=O)Cl. The van der Waals surface area contributed by atoms with Gasteiger partial charge in [-0.25, -0.2) is 0 Å². The van der Waals surface area contributed by atoms with Crippen LogP contribution in [0.15, 0.2) is 0 Å². The Kier molecular flexibility index (Phi) is 3.89. The quantitative estimate of drug-likeness (QED) is 0.524. The zero-order valence-electron chi connectivity index (χ0n) is 6.45. The van der Waals surface area contributed by atoms with Gasteiger partial charge in [-0.3, -0.25) is 4.79 Å². The van der Waals surface area contributed by atoms with E-state index in [4.69, 9.17) is 11.6 Å². The Balaban J connectivity index is 3.80. The van der Waals surface area contributed by atoms with Gasteiger partial charge in [0.2, 0.25) is 5.24 Å². The maximum absolute atomic E-state index is 10.5. The smallest absolute Gasteiger partial charge is 0.235 e. The predicted octanol–water partition coefficient (Wildman–Crippen LogP) is 2.95. The molecule has 0 aromatic heterocycles. The van der Waals surface area contributed by atoms with Gasteiger partial charge in [0, 0.05) is 0 Å². The fourth-order valence-corrected chi connectivity index (χ4v) is 1.67. The van der Waals surface area contributed by atoms with Crippen molar-refractivity contribution in [3.05, 3.63) is 0 Å². The molecule has 1 unspecified atom stereocenters. The molecule has 10 heavy (non-hydrogen) atoms. The maximum atomic E-state index is 10.5. The van der Waals surface area contributed by atoms with Gasteiger partial charge < -0.3 is 0 Å². The normalized spacial score (nSPS) is 14.9. The lowest BCUT2D eigenvalue weighted by Crippen LogP contribution is -2.17. The van der Waals surface area contributed by atoms with Gasteiger partial charge in [-0.15, -0.1) is 0 Å². The number of halogens is 2. The highest BCUT2D eigenvalue weighted by Gasteiger charge is 2.20. The number of carbonyl (C=O) groups excluding carboxylic acids is 1. The summed E-state index contributed by atoms with van der Waals surface area (Å²) in [6.45, 7) is 6.21. The number of hydrogen-bond acceptors (Lipinski definition) is 1. The highest BCUT2D eigenvalue weighted by molar-refractivity contribution is 9.10. The van der Waals surface area contributed by atoms with E-state index in [1.165, 1.54) is 0 Å². The van der Waals surface area contributed by atoms with Crippen LogP contribution in [0, 0.1) is 5.41 Å². The Morgan fingerprint density at radius 1 is 1.60 bits per heavy atom. The third-order valence-electron chi connectivity index (χ3n) is 1.04. The van der Waals surface area contributed by atoms with Crippen LogP contribution in [0.4, 0.5) is 0 Å². The molecule has 0 radical (unpaired) electrons. The van der Waals surface area contributed by atoms with Crippen LogP contribution in [0.1, 0.15) is 27.2 Å². The summed E-state index contributed by atoms with van der Waals surface area (Å²) in [7, 11) is 0. The minimum absolute atomic E-state index is 0.152. The third kappa shape index (κ3) is 5.24. The number of alkyl halides is 1. The van der Waals surface area contributed by atoms with Crippen LogP contribution in [0.3, 0.4) is 0 Å². The van der Waals surface area contributed by atoms with Gasteiger partial charge in [0.15, 0.2) is 0 Å². The molecule has 1 nitrogen and oxygen atoms in total. The molecule has 0 aliphatic rings. The van der Waals surface area contributed by atoms with E-state index >= 15 is 0 Å². The van der Waals surface area contributed by atoms with Gasteiger partial charge in [-0.2, -0.15) is 0 Å². The Hall–Kier alpha value is 0.440. The van der Waals surface area contributed by atoms with Crippen molar-refractivity contribution in [1.29, 1.82) is 0 Å². The molecule has 0 aliphatic heterocycles. The van der Waals surface area contributed by atoms with E-state index in [9.17, 15) is 4.79 Å². The van der Waals surface area contributed by atoms with E-state index < -0.39 is 0 Å². The lowest BCUT2D eigenvalue weighted by atomic mass is 9.91. The largest absolute Gasteiger partial charge is 0.280 e. The summed E-state index contributed by atoms with van der Waals surface area (Å²) < 4.78 is 0. The first-order valence-electron chi connectivity index (χ1n) is 3.16. The summed E-state index contributed by atoms with van der Waals surface area (Å²) in [5.41, 5.74) is 0.152. The number of carbonyl (C=O) groups is 1. The first kappa shape index (κ1) is 10.4. The minimum atomic E-state index is -0.310. The minimum Gasteiger partial charge on any atom is -0.280 e. The van der Waals surface area contributed by atoms with Crippen molar-refractivity contribution in [2.24, 2.45) is 5.41 Å². The zero-order chi connectivity index (χ0) is 8.36. The topological polar surface area (TPSA) is 17.1 Å². The van der Waals surface area contributed by atoms with Crippen LogP contribution in [-0.4, -0.2) is 10.1 Å². The molecule has 60 valence electrons. The molecule has 0 aromatic rings. The summed E-state index contributed by atoms with van der Waals surface area (Å²) in [4.78, 5) is 10.3. The maximum Gasteiger partial charge on any atom is 0.235 e. The Labute approximate surface area is 75.3 Å². The van der Waals surface area contributed by atoms with E-state index in [1.54, 1.807) is 0 Å². The number of rotatable bonds is 2. The van der Waals surface area contributed by atoms with Gasteiger partial charge >= 0.3 is 0 Å². The molecule has 0 heterocycles. The number of hydrogen-bond donors (Lipinski definition) is 0. The fraction of sp³-hybridized carbons (Fsp3) is 0.857. The van der Waals surface area contributed by atoms with E-state index in [2.05, 4.69) is 36.7 Å². The molecular formula is C7H12BrClO. The Morgan fingerprint density at radius 3 is 2.10 bits per heavy atom. The molecule has 0 saturated carbocycles. The molecular weight excluding hydrogens is 215 g/mol. The first-order valence-corrected chi connectivity index (χ1v) is 4.46. The van der Waals surface area contributed by atoms with Crippen molar-refractivity contribution in [3.8, 4) is 0 Å². The molecule has 0 bridgehead atoms. The molecule has 0 amide bonds. The van der Waals surface area contributed by atoms with Crippen molar-refractivity contribution in [2.45, 2.75) is 32.0 Å². The van der Waals surface area contributed by atoms with E-state index in [0.29, 0.717) is 0 Å². The standard InChI is InChI=1S/C7H12BrClO/c1-7(2,3)4-5(8)6(9)10/h5H,4H2,1-3H3. The van der Waals surface area contributed by atoms with Crippen LogP contribution in [0.2, 0.25) is 0 Å². The Morgan fingerprint density at radius 2 is 2.00 bits per heavy atom. The van der Waals surface area contributed by atoms with Crippen molar-refractivity contribution in [3.63, 3.8) is 0 Å². The second kappa shape index (κ2) is 3.72. The van der Waals surface area contributed by atoms with Crippen LogP contribution < -0.4 is 0 Å². The molecule has 0 aliphatic carbocycles. The summed E-state index contributed by atoms with van der Waals surface area (Å²) in [6, 6.07) is 0. The van der Waals surface area contributed by atoms with Crippen LogP contribution >= 0.6 is 27.5 Å². The second-order valence-electron chi connectivity index (χ2n) is 3.54. The van der Waals surface area contributed by atoms with Crippen molar-refractivity contribution >= 4 is 32.8 Å². The molecule has 0 spiro atoms. The fourth-order valence-electron chi connectivity index (χ4n) is 0.618. The van der Waals surface area contributed by atoms with Gasteiger partial charge in [-0.1, -0.05) is 36.7 Å². The van der Waals surface area contributed by atoms with Gasteiger partial charge in [0.25, 0.3) is 0 Å². The zero-order valence-corrected chi connectivity index (χ0v) is 8.79. The third-order valence-corrected chi connectivity index (χ3v) is 2.30. The Bertz CT molecular complexity index is 128. The second-order valence-corrected chi connectivity index (χ2v) is 5.01. The molecule has 0 N–H and O–H groups in total. The molecule has 0 rings (SSSR count). The van der Waals surface area contributed by atoms with Crippen molar-refractivity contribution < 1.29 is 4.79 Å². The van der Waals surface area contributed by atoms with Crippen LogP contribution in [0.5, 0.6) is 0 Å². The first-order chi connectivity index (χ1) is 4.33. The predicted molar refractivity (Wildman–Crippen MR) is 47.6 cm³/mol. The average Bonchev–Trinajstić information content (AvgIpc) is 1.60. The molecule has 3 heteroatoms. The van der Waals surface area contributed by atoms with Gasteiger partial charge in [-0.05, 0) is 23.4 Å². The van der Waals surface area contributed by atoms with Crippen LogP contribution in [-0.2, 0) is 4.79 Å². The van der Waals surface area contributed by atoms with E-state index in [0.717, 1.165) is 6.42 Å². The van der Waals surface area contributed by atoms with E-state index in [1.807, 2.05) is 0 Å². The molecule has 0 aromatic carbocycles. The highest BCUT2D eigenvalue weighted by Crippen LogP contribution is 2.25. The average molecular weight is 228 g/mol. The summed E-state index contributed by atoms with van der Waals surface area (Å²) in [6.07, 6.45) is 0.773.